The Labute approximate surface area is 183 Å². The van der Waals surface area contributed by atoms with Crippen LogP contribution in [-0.4, -0.2) is 6.11 Å². The van der Waals surface area contributed by atoms with Gasteiger partial charge in [-0.3, -0.25) is 0 Å². The summed E-state index contributed by atoms with van der Waals surface area (Å²) in [6.45, 7) is 2.01. The lowest BCUT2D eigenvalue weighted by Crippen LogP contribution is -2.26. The molecule has 0 fully saturated rings. The third kappa shape index (κ3) is 5.35. The van der Waals surface area contributed by atoms with E-state index in [0.717, 1.165) is 30.5 Å². The molecule has 3 rings (SSSR count). The molecule has 0 aliphatic rings. The molecule has 0 saturated carbocycles. The van der Waals surface area contributed by atoms with Crippen molar-refractivity contribution in [2.45, 2.75) is 25.9 Å². The van der Waals surface area contributed by atoms with E-state index in [2.05, 4.69) is 4.74 Å². The molecule has 0 saturated heterocycles. The Hall–Kier alpha value is -3.36. The molecular weight excluding hydrogens is 456 g/mol. The number of halogens is 8. The van der Waals surface area contributed by atoms with Gasteiger partial charge in [-0.2, -0.15) is 13.2 Å². The van der Waals surface area contributed by atoms with Crippen LogP contribution in [0, 0.1) is 23.3 Å². The molecule has 0 aliphatic carbocycles. The van der Waals surface area contributed by atoms with Crippen molar-refractivity contribution >= 4 is 5.83 Å². The lowest BCUT2D eigenvalue weighted by molar-refractivity contribution is -0.156. The van der Waals surface area contributed by atoms with Crippen molar-refractivity contribution in [3.05, 3.63) is 94.8 Å². The predicted octanol–water partition coefficient (Wildman–Crippen LogP) is 8.14. The Morgan fingerprint density at radius 3 is 1.91 bits per heavy atom. The number of benzene rings is 3. The summed E-state index contributed by atoms with van der Waals surface area (Å²) in [5.74, 6) is -13.5. The van der Waals surface area contributed by atoms with Gasteiger partial charge in [-0.05, 0) is 35.2 Å². The molecular formula is C24H16F8O. The molecule has 0 heterocycles. The van der Waals surface area contributed by atoms with E-state index in [1.807, 2.05) is 19.1 Å². The molecule has 0 radical (unpaired) electrons. The minimum absolute atomic E-state index is 0.0265. The molecule has 33 heavy (non-hydrogen) atoms. The molecule has 9 heteroatoms. The van der Waals surface area contributed by atoms with E-state index < -0.39 is 52.3 Å². The molecule has 174 valence electrons. The molecule has 1 nitrogen and oxygen atoms in total. The zero-order valence-electron chi connectivity index (χ0n) is 17.0. The molecule has 3 aromatic rings. The van der Waals surface area contributed by atoms with Gasteiger partial charge in [0.15, 0.2) is 23.3 Å². The zero-order chi connectivity index (χ0) is 24.3. The Balaban J connectivity index is 1.89. The van der Waals surface area contributed by atoms with Gasteiger partial charge in [-0.25, -0.2) is 22.0 Å². The number of aryl methyl sites for hydroxylation is 1. The van der Waals surface area contributed by atoms with Crippen LogP contribution in [-0.2, 0) is 6.42 Å². The fourth-order valence-corrected chi connectivity index (χ4v) is 3.06. The first-order valence-corrected chi connectivity index (χ1v) is 9.69. The van der Waals surface area contributed by atoms with Crippen molar-refractivity contribution in [2.24, 2.45) is 0 Å². The normalized spacial score (nSPS) is 12.5. The third-order valence-corrected chi connectivity index (χ3v) is 4.68. The van der Waals surface area contributed by atoms with Gasteiger partial charge in [0, 0.05) is 17.7 Å². The van der Waals surface area contributed by atoms with Crippen LogP contribution in [0.1, 0.15) is 24.5 Å². The summed E-state index contributed by atoms with van der Waals surface area (Å²) in [5.41, 5.74) is 0.808. The van der Waals surface area contributed by atoms with Gasteiger partial charge in [-0.1, -0.05) is 43.7 Å². The summed E-state index contributed by atoms with van der Waals surface area (Å²) in [6.07, 6.45) is -3.30. The van der Waals surface area contributed by atoms with Crippen LogP contribution in [0.4, 0.5) is 35.1 Å². The van der Waals surface area contributed by atoms with Crippen molar-refractivity contribution in [1.82, 2.24) is 0 Å². The monoisotopic (exact) mass is 472 g/mol. The molecule has 0 unspecified atom stereocenters. The van der Waals surface area contributed by atoms with Gasteiger partial charge in [0.25, 0.3) is 0 Å². The molecule has 0 aliphatic heterocycles. The van der Waals surface area contributed by atoms with Gasteiger partial charge < -0.3 is 4.74 Å². The van der Waals surface area contributed by atoms with Crippen LogP contribution in [0.15, 0.2) is 60.4 Å². The highest BCUT2D eigenvalue weighted by Gasteiger charge is 2.42. The highest BCUT2D eigenvalue weighted by molar-refractivity contribution is 5.69. The lowest BCUT2D eigenvalue weighted by atomic mass is 10.0. The maximum atomic E-state index is 14.4. The Kier molecular flexibility index (Phi) is 7.09. The number of rotatable bonds is 7. The van der Waals surface area contributed by atoms with E-state index in [9.17, 15) is 35.1 Å². The van der Waals surface area contributed by atoms with Crippen LogP contribution in [0.3, 0.4) is 0 Å². The summed E-state index contributed by atoms with van der Waals surface area (Å²) in [6, 6.07) is 9.94. The van der Waals surface area contributed by atoms with Crippen molar-refractivity contribution < 1.29 is 39.9 Å². The Bertz CT molecular complexity index is 1160. The highest BCUT2D eigenvalue weighted by atomic mass is 19.3. The molecule has 0 bridgehead atoms. The van der Waals surface area contributed by atoms with Crippen molar-refractivity contribution in [2.75, 3.05) is 0 Å². The van der Waals surface area contributed by atoms with E-state index in [0.29, 0.717) is 11.1 Å². The van der Waals surface area contributed by atoms with Crippen LogP contribution in [0.25, 0.3) is 17.0 Å². The molecule has 0 N–H and O–H groups in total. The Morgan fingerprint density at radius 2 is 1.36 bits per heavy atom. The SMILES string of the molecule is CCCc1ccc(-c2ccc(/C(F)=C(\F)C(F)(F)Oc3cc(F)c(F)c(F)c3)c(F)c2)cc1. The van der Waals surface area contributed by atoms with Crippen LogP contribution in [0.2, 0.25) is 0 Å². The second-order valence-electron chi connectivity index (χ2n) is 7.09. The van der Waals surface area contributed by atoms with Crippen LogP contribution < -0.4 is 4.74 Å². The van der Waals surface area contributed by atoms with Crippen LogP contribution >= 0.6 is 0 Å². The quantitative estimate of drug-likeness (QED) is 0.249. The molecule has 0 spiro atoms. The number of ether oxygens (including phenoxy) is 1. The number of hydrogen-bond donors (Lipinski definition) is 0. The summed E-state index contributed by atoms with van der Waals surface area (Å²) in [5, 5.41) is 0. The van der Waals surface area contributed by atoms with Gasteiger partial charge >= 0.3 is 6.11 Å². The fourth-order valence-electron chi connectivity index (χ4n) is 3.06. The molecule has 0 atom stereocenters. The maximum absolute atomic E-state index is 14.4. The molecule has 0 amide bonds. The van der Waals surface area contributed by atoms with E-state index in [1.54, 1.807) is 12.1 Å². The number of alkyl halides is 2. The lowest BCUT2D eigenvalue weighted by Gasteiger charge is -2.17. The first-order valence-electron chi connectivity index (χ1n) is 9.69. The smallest absolute Gasteiger partial charge is 0.427 e. The summed E-state index contributed by atoms with van der Waals surface area (Å²) < 4.78 is 114. The average Bonchev–Trinajstić information content (AvgIpc) is 2.77. The zero-order valence-corrected chi connectivity index (χ0v) is 17.0. The van der Waals surface area contributed by atoms with Crippen molar-refractivity contribution in [1.29, 1.82) is 0 Å². The fraction of sp³-hybridized carbons (Fsp3) is 0.167. The average molecular weight is 472 g/mol. The Morgan fingerprint density at radius 1 is 0.788 bits per heavy atom. The number of hydrogen-bond acceptors (Lipinski definition) is 1. The highest BCUT2D eigenvalue weighted by Crippen LogP contribution is 2.37. The first kappa shape index (κ1) is 24.3. The van der Waals surface area contributed by atoms with Gasteiger partial charge in [0.1, 0.15) is 11.6 Å². The molecule has 0 aromatic heterocycles. The second kappa shape index (κ2) is 9.64. The minimum atomic E-state index is -5.07. The molecule has 3 aromatic carbocycles. The first-order chi connectivity index (χ1) is 15.5. The predicted molar refractivity (Wildman–Crippen MR) is 107 cm³/mol. The summed E-state index contributed by atoms with van der Waals surface area (Å²) in [7, 11) is 0. The van der Waals surface area contributed by atoms with Gasteiger partial charge in [0.05, 0.1) is 0 Å². The van der Waals surface area contributed by atoms with Gasteiger partial charge in [-0.15, -0.1) is 0 Å². The van der Waals surface area contributed by atoms with Crippen molar-refractivity contribution in [3.8, 4) is 16.9 Å². The van der Waals surface area contributed by atoms with Crippen LogP contribution in [0.5, 0.6) is 5.75 Å². The van der Waals surface area contributed by atoms with Gasteiger partial charge in [0.2, 0.25) is 5.83 Å². The summed E-state index contributed by atoms with van der Waals surface area (Å²) >= 11 is 0. The topological polar surface area (TPSA) is 9.23 Å². The largest absolute Gasteiger partial charge is 0.457 e. The second-order valence-corrected chi connectivity index (χ2v) is 7.09. The summed E-state index contributed by atoms with van der Waals surface area (Å²) in [4.78, 5) is 0. The standard InChI is InChI=1S/C24H16F8O/c1-2-3-13-4-6-14(7-5-13)15-8-9-17(18(25)10-15)21(28)23(30)24(31,32)33-16-11-19(26)22(29)20(27)12-16/h4-12H,2-3H2,1H3/b23-21+. The third-order valence-electron chi connectivity index (χ3n) is 4.68. The minimum Gasteiger partial charge on any atom is -0.427 e. The maximum Gasteiger partial charge on any atom is 0.457 e. The van der Waals surface area contributed by atoms with E-state index in [1.165, 1.54) is 6.07 Å². The van der Waals surface area contributed by atoms with E-state index >= 15 is 0 Å². The van der Waals surface area contributed by atoms with E-state index in [-0.39, 0.29) is 12.1 Å². The van der Waals surface area contributed by atoms with E-state index in [4.69, 9.17) is 0 Å². The van der Waals surface area contributed by atoms with Crippen molar-refractivity contribution in [3.63, 3.8) is 0 Å².